The molecule has 3 rings (SSSR count). The van der Waals surface area contributed by atoms with Gasteiger partial charge in [0.05, 0.1) is 11.0 Å². The maximum atomic E-state index is 6.39. The molecule has 0 spiro atoms. The predicted molar refractivity (Wildman–Crippen MR) is 82.2 cm³/mol. The van der Waals surface area contributed by atoms with Gasteiger partial charge in [-0.05, 0) is 44.4 Å². The number of aromatic nitrogens is 2. The third-order valence-corrected chi connectivity index (χ3v) is 4.68. The third kappa shape index (κ3) is 2.58. The summed E-state index contributed by atoms with van der Waals surface area (Å²) in [5.41, 5.74) is 6.62. The van der Waals surface area contributed by atoms with Crippen LogP contribution in [0, 0.1) is 0 Å². The van der Waals surface area contributed by atoms with Gasteiger partial charge in [0, 0.05) is 5.02 Å². The van der Waals surface area contributed by atoms with Crippen LogP contribution in [0.25, 0.3) is 0 Å². The number of hydrogen-bond donors (Lipinski definition) is 1. The highest BCUT2D eigenvalue weighted by molar-refractivity contribution is 6.30. The van der Waals surface area contributed by atoms with Crippen LogP contribution in [0.3, 0.4) is 0 Å². The Balaban J connectivity index is 1.95. The minimum atomic E-state index is -0.424. The fourth-order valence-electron chi connectivity index (χ4n) is 2.91. The van der Waals surface area contributed by atoms with Crippen LogP contribution >= 0.6 is 11.6 Å². The highest BCUT2D eigenvalue weighted by atomic mass is 35.5. The Kier molecular flexibility index (Phi) is 3.54. The van der Waals surface area contributed by atoms with Gasteiger partial charge in [0.15, 0.2) is 5.82 Å². The van der Waals surface area contributed by atoms with Crippen LogP contribution in [0.4, 0.5) is 0 Å². The molecule has 1 aliphatic rings. The largest absolute Gasteiger partial charge is 0.338 e. The zero-order chi connectivity index (χ0) is 15.1. The van der Waals surface area contributed by atoms with E-state index in [2.05, 4.69) is 10.1 Å². The van der Waals surface area contributed by atoms with Crippen molar-refractivity contribution in [2.45, 2.75) is 50.5 Å². The summed E-state index contributed by atoms with van der Waals surface area (Å²) in [6.07, 6.45) is 4.09. The van der Waals surface area contributed by atoms with Crippen molar-refractivity contribution in [2.24, 2.45) is 5.73 Å². The molecule has 112 valence electrons. The highest BCUT2D eigenvalue weighted by Gasteiger charge is 2.38. The smallest absolute Gasteiger partial charge is 0.236 e. The molecule has 0 unspecified atom stereocenters. The second-order valence-corrected chi connectivity index (χ2v) is 6.86. The molecule has 0 atom stereocenters. The Morgan fingerprint density at radius 1 is 1.29 bits per heavy atom. The molecule has 4 nitrogen and oxygen atoms in total. The molecule has 21 heavy (non-hydrogen) atoms. The van der Waals surface area contributed by atoms with Crippen molar-refractivity contribution in [1.82, 2.24) is 10.1 Å². The van der Waals surface area contributed by atoms with Crippen molar-refractivity contribution in [3.63, 3.8) is 0 Å². The van der Waals surface area contributed by atoms with E-state index in [1.165, 1.54) is 0 Å². The van der Waals surface area contributed by atoms with Crippen molar-refractivity contribution >= 4 is 11.6 Å². The molecule has 1 heterocycles. The zero-order valence-corrected chi connectivity index (χ0v) is 13.2. The van der Waals surface area contributed by atoms with Gasteiger partial charge in [0.25, 0.3) is 0 Å². The maximum absolute atomic E-state index is 6.39. The summed E-state index contributed by atoms with van der Waals surface area (Å²) in [5, 5.41) is 4.84. The molecule has 1 saturated carbocycles. The van der Waals surface area contributed by atoms with Crippen LogP contribution in [-0.4, -0.2) is 10.1 Å². The summed E-state index contributed by atoms with van der Waals surface area (Å²) in [6, 6.07) is 7.73. The first-order valence-corrected chi connectivity index (χ1v) is 7.69. The number of benzene rings is 1. The van der Waals surface area contributed by atoms with E-state index >= 15 is 0 Å². The average molecular weight is 306 g/mol. The average Bonchev–Trinajstić information content (AvgIpc) is 3.08. The van der Waals surface area contributed by atoms with E-state index in [-0.39, 0.29) is 0 Å². The quantitative estimate of drug-likeness (QED) is 0.937. The van der Waals surface area contributed by atoms with Gasteiger partial charge in [-0.2, -0.15) is 4.98 Å². The van der Waals surface area contributed by atoms with E-state index < -0.39 is 11.0 Å². The molecule has 0 radical (unpaired) electrons. The first-order valence-electron chi connectivity index (χ1n) is 7.31. The minimum Gasteiger partial charge on any atom is -0.338 e. The molecule has 5 heteroatoms. The van der Waals surface area contributed by atoms with E-state index in [0.717, 1.165) is 31.2 Å². The number of nitrogens with zero attached hydrogens (tertiary/aromatic N) is 2. The van der Waals surface area contributed by atoms with Gasteiger partial charge >= 0.3 is 0 Å². The van der Waals surface area contributed by atoms with Crippen LogP contribution in [0.15, 0.2) is 28.8 Å². The molecule has 1 fully saturated rings. The normalized spacial score (nSPS) is 18.1. The molecule has 1 aliphatic carbocycles. The van der Waals surface area contributed by atoms with Gasteiger partial charge < -0.3 is 10.3 Å². The first-order chi connectivity index (χ1) is 9.92. The van der Waals surface area contributed by atoms with Crippen molar-refractivity contribution < 1.29 is 4.52 Å². The monoisotopic (exact) mass is 305 g/mol. The first kappa shape index (κ1) is 14.5. The Bertz CT molecular complexity index is 644. The van der Waals surface area contributed by atoms with E-state index in [9.17, 15) is 0 Å². The van der Waals surface area contributed by atoms with Crippen LogP contribution in [0.5, 0.6) is 0 Å². The lowest BCUT2D eigenvalue weighted by molar-refractivity contribution is 0.319. The van der Waals surface area contributed by atoms with E-state index in [1.54, 1.807) is 0 Å². The minimum absolute atomic E-state index is 0.398. The van der Waals surface area contributed by atoms with E-state index in [1.807, 2.05) is 38.1 Å². The molecule has 0 saturated heterocycles. The molecular weight excluding hydrogens is 286 g/mol. The summed E-state index contributed by atoms with van der Waals surface area (Å²) in [7, 11) is 0. The molecule has 0 bridgehead atoms. The lowest BCUT2D eigenvalue weighted by atomic mass is 9.84. The lowest BCUT2D eigenvalue weighted by Crippen LogP contribution is -2.34. The summed E-state index contributed by atoms with van der Waals surface area (Å²) in [4.78, 5) is 4.60. The molecule has 1 aromatic heterocycles. The standard InChI is InChI=1S/C16H20ClN3O/c1-15(2,11-6-5-7-12(17)10-11)14-19-13(20-21-14)16(18)8-3-4-9-16/h5-7,10H,3-4,8-9,18H2,1-2H3. The van der Waals surface area contributed by atoms with Crippen LogP contribution < -0.4 is 5.73 Å². The molecular formula is C16H20ClN3O. The Morgan fingerprint density at radius 2 is 2.00 bits per heavy atom. The summed E-state index contributed by atoms with van der Waals surface area (Å²) < 4.78 is 5.52. The van der Waals surface area contributed by atoms with Gasteiger partial charge in [-0.1, -0.05) is 41.7 Å². The van der Waals surface area contributed by atoms with Gasteiger partial charge in [0.2, 0.25) is 5.89 Å². The van der Waals surface area contributed by atoms with Gasteiger partial charge in [0.1, 0.15) is 0 Å². The Morgan fingerprint density at radius 3 is 2.67 bits per heavy atom. The number of hydrogen-bond acceptors (Lipinski definition) is 4. The molecule has 1 aromatic carbocycles. The van der Waals surface area contributed by atoms with E-state index in [4.69, 9.17) is 21.9 Å². The maximum Gasteiger partial charge on any atom is 0.236 e. The molecule has 2 N–H and O–H groups in total. The Hall–Kier alpha value is -1.39. The topological polar surface area (TPSA) is 64.9 Å². The van der Waals surface area contributed by atoms with Crippen molar-refractivity contribution in [2.75, 3.05) is 0 Å². The summed E-state index contributed by atoms with van der Waals surface area (Å²) >= 11 is 6.08. The van der Waals surface area contributed by atoms with Crippen LogP contribution in [0.2, 0.25) is 5.02 Å². The number of rotatable bonds is 3. The van der Waals surface area contributed by atoms with Crippen LogP contribution in [-0.2, 0) is 11.0 Å². The van der Waals surface area contributed by atoms with Crippen LogP contribution in [0.1, 0.15) is 56.8 Å². The summed E-state index contributed by atoms with van der Waals surface area (Å²) in [5.74, 6) is 1.21. The lowest BCUT2D eigenvalue weighted by Gasteiger charge is -2.21. The fourth-order valence-corrected chi connectivity index (χ4v) is 3.10. The predicted octanol–water partition coefficient (Wildman–Crippen LogP) is 3.78. The van der Waals surface area contributed by atoms with Gasteiger partial charge in [-0.3, -0.25) is 0 Å². The number of nitrogens with two attached hydrogens (primary N) is 1. The molecule has 2 aromatic rings. The SMILES string of the molecule is CC(C)(c1cccc(Cl)c1)c1nc(C2(N)CCCC2)no1. The van der Waals surface area contributed by atoms with Crippen molar-refractivity contribution in [3.8, 4) is 0 Å². The molecule has 0 aliphatic heterocycles. The van der Waals surface area contributed by atoms with Gasteiger partial charge in [-0.15, -0.1) is 0 Å². The van der Waals surface area contributed by atoms with E-state index in [0.29, 0.717) is 16.7 Å². The third-order valence-electron chi connectivity index (χ3n) is 4.45. The van der Waals surface area contributed by atoms with Gasteiger partial charge in [-0.25, -0.2) is 0 Å². The Labute approximate surface area is 129 Å². The summed E-state index contributed by atoms with van der Waals surface area (Å²) in [6.45, 7) is 4.10. The molecule has 0 amide bonds. The zero-order valence-electron chi connectivity index (χ0n) is 12.4. The second kappa shape index (κ2) is 5.11. The highest BCUT2D eigenvalue weighted by Crippen LogP contribution is 2.37. The van der Waals surface area contributed by atoms with Crippen molar-refractivity contribution in [3.05, 3.63) is 46.6 Å². The second-order valence-electron chi connectivity index (χ2n) is 6.42. The fraction of sp³-hybridized carbons (Fsp3) is 0.500. The van der Waals surface area contributed by atoms with Crippen molar-refractivity contribution in [1.29, 1.82) is 0 Å². The number of halogens is 1.